The first-order chi connectivity index (χ1) is 24.0. The largest absolute Gasteiger partial charge is 0.456 e. The molecule has 1 spiro atoms. The van der Waals surface area contributed by atoms with Crippen LogP contribution in [0.2, 0.25) is 0 Å². The minimum absolute atomic E-state index is 0.0395. The maximum Gasteiger partial charge on any atom is 0.137 e. The van der Waals surface area contributed by atoms with E-state index in [4.69, 9.17) is 4.42 Å². The molecule has 246 valence electrons. The van der Waals surface area contributed by atoms with Gasteiger partial charge < -0.3 is 9.32 Å². The van der Waals surface area contributed by atoms with Crippen molar-refractivity contribution in [3.05, 3.63) is 161 Å². The molecule has 0 aliphatic heterocycles. The Bertz CT molecular complexity index is 2540. The van der Waals surface area contributed by atoms with Crippen LogP contribution in [0.1, 0.15) is 87.8 Å². The van der Waals surface area contributed by atoms with Crippen LogP contribution in [-0.2, 0) is 21.7 Å². The monoisotopic (exact) mass is 649 g/mol. The minimum Gasteiger partial charge on any atom is -0.456 e. The average molecular weight is 650 g/mol. The summed E-state index contributed by atoms with van der Waals surface area (Å²) in [6, 6.07) is 47.5. The van der Waals surface area contributed by atoms with E-state index in [1.165, 1.54) is 55.9 Å². The lowest BCUT2D eigenvalue weighted by atomic mass is 9.72. The van der Waals surface area contributed by atoms with Crippen LogP contribution in [0, 0.1) is 0 Å². The second-order valence-electron chi connectivity index (χ2n) is 16.9. The summed E-state index contributed by atoms with van der Waals surface area (Å²) in [5.41, 5.74) is 16.7. The zero-order valence-electron chi connectivity index (χ0n) is 29.9. The number of furan rings is 1. The molecule has 0 N–H and O–H groups in total. The maximum absolute atomic E-state index is 6.54. The topological polar surface area (TPSA) is 16.4 Å². The summed E-state index contributed by atoms with van der Waals surface area (Å²) in [5, 5.41) is 2.30. The van der Waals surface area contributed by atoms with E-state index in [1.54, 1.807) is 0 Å². The van der Waals surface area contributed by atoms with Crippen molar-refractivity contribution in [1.29, 1.82) is 0 Å². The first-order valence-corrected chi connectivity index (χ1v) is 18.2. The number of nitrogens with zero attached hydrogens (tertiary/aromatic N) is 1. The van der Waals surface area contributed by atoms with E-state index in [0.29, 0.717) is 0 Å². The summed E-state index contributed by atoms with van der Waals surface area (Å²) >= 11 is 0. The molecule has 0 bridgehead atoms. The van der Waals surface area contributed by atoms with Crippen LogP contribution in [-0.4, -0.2) is 0 Å². The van der Waals surface area contributed by atoms with Gasteiger partial charge >= 0.3 is 0 Å². The Kier molecular flexibility index (Phi) is 5.83. The van der Waals surface area contributed by atoms with E-state index in [2.05, 4.69) is 174 Å². The van der Waals surface area contributed by atoms with Gasteiger partial charge in [0, 0.05) is 21.8 Å². The van der Waals surface area contributed by atoms with Crippen LogP contribution in [0.5, 0.6) is 0 Å². The van der Waals surface area contributed by atoms with Crippen molar-refractivity contribution < 1.29 is 4.42 Å². The van der Waals surface area contributed by atoms with E-state index in [9.17, 15) is 0 Å². The molecule has 10 rings (SSSR count). The fraction of sp³-hybridized carbons (Fsp3) is 0.250. The second-order valence-corrected chi connectivity index (χ2v) is 16.9. The highest BCUT2D eigenvalue weighted by Crippen LogP contribution is 2.65. The first kappa shape index (κ1) is 29.8. The Morgan fingerprint density at radius 2 is 1.06 bits per heavy atom. The standard InChI is InChI=1S/C48H43NO/c1-45(2)28-48(34-20-11-10-19-33(34)45)29-46(3,4)44-36(48)22-14-25-39(44)49(38-24-15-27-41-43(38)31-17-8-12-26-40(31)50-41)37-23-13-21-35-42(37)30-16-7-9-18-32(30)47(35,5)6/h7-27H,28-29H2,1-6H3. The van der Waals surface area contributed by atoms with Gasteiger partial charge in [0.05, 0.1) is 22.4 Å². The summed E-state index contributed by atoms with van der Waals surface area (Å²) in [6.45, 7) is 14.6. The molecule has 1 aromatic heterocycles. The molecule has 0 radical (unpaired) electrons. The van der Waals surface area contributed by atoms with E-state index in [0.717, 1.165) is 40.5 Å². The molecule has 3 aliphatic carbocycles. The molecule has 1 heterocycles. The highest BCUT2D eigenvalue weighted by Gasteiger charge is 2.57. The third-order valence-corrected chi connectivity index (χ3v) is 12.6. The number of benzene rings is 6. The van der Waals surface area contributed by atoms with E-state index in [1.807, 2.05) is 0 Å². The molecular weight excluding hydrogens is 607 g/mol. The van der Waals surface area contributed by atoms with Crippen molar-refractivity contribution in [2.45, 2.75) is 76.0 Å². The quantitative estimate of drug-likeness (QED) is 0.189. The maximum atomic E-state index is 6.54. The number of fused-ring (bicyclic) bond motifs is 10. The first-order valence-electron chi connectivity index (χ1n) is 18.2. The molecule has 2 nitrogen and oxygen atoms in total. The molecule has 1 unspecified atom stereocenters. The Morgan fingerprint density at radius 3 is 1.88 bits per heavy atom. The summed E-state index contributed by atoms with van der Waals surface area (Å²) in [7, 11) is 0. The molecule has 0 saturated heterocycles. The fourth-order valence-electron chi connectivity index (χ4n) is 10.9. The van der Waals surface area contributed by atoms with Crippen LogP contribution >= 0.6 is 0 Å². The third-order valence-electron chi connectivity index (χ3n) is 12.6. The van der Waals surface area contributed by atoms with Gasteiger partial charge in [-0.05, 0) is 92.9 Å². The number of hydrogen-bond acceptors (Lipinski definition) is 2. The van der Waals surface area contributed by atoms with Crippen molar-refractivity contribution in [1.82, 2.24) is 0 Å². The number of rotatable bonds is 3. The molecule has 2 heteroatoms. The Hall–Kier alpha value is -5.08. The molecular formula is C48H43NO. The van der Waals surface area contributed by atoms with Crippen LogP contribution < -0.4 is 4.90 Å². The predicted molar refractivity (Wildman–Crippen MR) is 208 cm³/mol. The van der Waals surface area contributed by atoms with Gasteiger partial charge in [0.25, 0.3) is 0 Å². The predicted octanol–water partition coefficient (Wildman–Crippen LogP) is 13.0. The van der Waals surface area contributed by atoms with Crippen molar-refractivity contribution in [3.8, 4) is 11.1 Å². The van der Waals surface area contributed by atoms with Crippen molar-refractivity contribution in [2.24, 2.45) is 0 Å². The number of hydrogen-bond donors (Lipinski definition) is 0. The Labute approximate surface area is 295 Å². The van der Waals surface area contributed by atoms with Gasteiger partial charge in [0.15, 0.2) is 0 Å². The highest BCUT2D eigenvalue weighted by molar-refractivity contribution is 6.14. The van der Waals surface area contributed by atoms with Gasteiger partial charge in [-0.25, -0.2) is 0 Å². The minimum atomic E-state index is -0.108. The van der Waals surface area contributed by atoms with Crippen LogP contribution in [0.25, 0.3) is 33.1 Å². The molecule has 50 heavy (non-hydrogen) atoms. The lowest BCUT2D eigenvalue weighted by Crippen LogP contribution is -2.26. The molecule has 0 saturated carbocycles. The van der Waals surface area contributed by atoms with Gasteiger partial charge in [-0.3, -0.25) is 0 Å². The summed E-state index contributed by atoms with van der Waals surface area (Å²) in [5.74, 6) is 0. The number of para-hydroxylation sites is 1. The lowest BCUT2D eigenvalue weighted by Gasteiger charge is -2.33. The molecule has 7 aromatic rings. The summed E-state index contributed by atoms with van der Waals surface area (Å²) in [4.78, 5) is 2.60. The molecule has 0 fully saturated rings. The van der Waals surface area contributed by atoms with Crippen molar-refractivity contribution in [3.63, 3.8) is 0 Å². The molecule has 6 aromatic carbocycles. The average Bonchev–Trinajstić information content (AvgIpc) is 3.75. The van der Waals surface area contributed by atoms with Gasteiger partial charge in [0.2, 0.25) is 0 Å². The second kappa shape index (κ2) is 9.79. The molecule has 0 amide bonds. The van der Waals surface area contributed by atoms with E-state index < -0.39 is 0 Å². The zero-order chi connectivity index (χ0) is 34.2. The van der Waals surface area contributed by atoms with Crippen molar-refractivity contribution in [2.75, 3.05) is 4.90 Å². The lowest BCUT2D eigenvalue weighted by molar-refractivity contribution is 0.350. The summed E-state index contributed by atoms with van der Waals surface area (Å²) < 4.78 is 6.54. The van der Waals surface area contributed by atoms with E-state index >= 15 is 0 Å². The fourth-order valence-corrected chi connectivity index (χ4v) is 10.9. The van der Waals surface area contributed by atoms with Gasteiger partial charge in [-0.15, -0.1) is 0 Å². The SMILES string of the molecule is CC1(C)CC2(CC(C)(C)c3c(N(c4cccc5c4-c4ccccc4C5(C)C)c4cccc5oc6ccccc6c45)cccc32)c2ccccc21. The molecule has 1 atom stereocenters. The van der Waals surface area contributed by atoms with E-state index in [-0.39, 0.29) is 21.7 Å². The van der Waals surface area contributed by atoms with Gasteiger partial charge in [0.1, 0.15) is 11.2 Å². The van der Waals surface area contributed by atoms with Crippen LogP contribution in [0.4, 0.5) is 17.1 Å². The van der Waals surface area contributed by atoms with Gasteiger partial charge in [-0.1, -0.05) is 139 Å². The smallest absolute Gasteiger partial charge is 0.137 e. The normalized spacial score (nSPS) is 20.2. The van der Waals surface area contributed by atoms with Crippen LogP contribution in [0.15, 0.2) is 132 Å². The Morgan fingerprint density at radius 1 is 0.480 bits per heavy atom. The summed E-state index contributed by atoms with van der Waals surface area (Å²) in [6.07, 6.45) is 2.20. The third kappa shape index (κ3) is 3.74. The highest BCUT2D eigenvalue weighted by atomic mass is 16.3. The zero-order valence-corrected chi connectivity index (χ0v) is 29.9. The van der Waals surface area contributed by atoms with Crippen LogP contribution in [0.3, 0.4) is 0 Å². The Balaban J connectivity index is 1.33. The number of anilines is 3. The van der Waals surface area contributed by atoms with Gasteiger partial charge in [-0.2, -0.15) is 0 Å². The molecule has 3 aliphatic rings. The van der Waals surface area contributed by atoms with Crippen molar-refractivity contribution >= 4 is 39.0 Å².